The number of para-hydroxylation sites is 1. The maximum atomic E-state index is 10.0. The first-order valence-electron chi connectivity index (χ1n) is 6.92. The minimum Gasteiger partial charge on any atom is -0.491 e. The molecule has 1 aromatic carbocycles. The highest BCUT2D eigenvalue weighted by molar-refractivity contribution is 5.31. The molecule has 1 aliphatic rings. The summed E-state index contributed by atoms with van der Waals surface area (Å²) in [6, 6.07) is 7.90. The lowest BCUT2D eigenvalue weighted by Crippen LogP contribution is -2.47. The summed E-state index contributed by atoms with van der Waals surface area (Å²) < 4.78 is 5.67. The first-order chi connectivity index (χ1) is 9.15. The Bertz CT molecular complexity index is 389. The van der Waals surface area contributed by atoms with Gasteiger partial charge >= 0.3 is 0 Å². The van der Waals surface area contributed by atoms with Crippen molar-refractivity contribution in [3.63, 3.8) is 0 Å². The third kappa shape index (κ3) is 4.49. The predicted octanol–water partition coefficient (Wildman–Crippen LogP) is 0.982. The van der Waals surface area contributed by atoms with Crippen LogP contribution in [0.2, 0.25) is 0 Å². The second-order valence-corrected chi connectivity index (χ2v) is 5.33. The van der Waals surface area contributed by atoms with E-state index in [0.29, 0.717) is 13.2 Å². The molecule has 0 bridgehead atoms. The highest BCUT2D eigenvalue weighted by atomic mass is 16.5. The number of aliphatic hydroxyl groups is 1. The number of benzene rings is 1. The lowest BCUT2D eigenvalue weighted by molar-refractivity contribution is 0.0503. The number of aryl methyl sites for hydroxylation is 1. The molecule has 4 heteroatoms. The topological polar surface area (TPSA) is 35.9 Å². The van der Waals surface area contributed by atoms with Gasteiger partial charge in [-0.15, -0.1) is 0 Å². The van der Waals surface area contributed by atoms with Gasteiger partial charge in [0.25, 0.3) is 0 Å². The molecule has 1 saturated heterocycles. The van der Waals surface area contributed by atoms with Gasteiger partial charge in [-0.2, -0.15) is 0 Å². The average molecular weight is 264 g/mol. The van der Waals surface area contributed by atoms with Crippen molar-refractivity contribution in [2.75, 3.05) is 46.4 Å². The Morgan fingerprint density at radius 3 is 2.58 bits per heavy atom. The van der Waals surface area contributed by atoms with Gasteiger partial charge in [0.05, 0.1) is 0 Å². The van der Waals surface area contributed by atoms with Crippen LogP contribution in [0.3, 0.4) is 0 Å². The Balaban J connectivity index is 1.73. The third-order valence-electron chi connectivity index (χ3n) is 3.59. The molecule has 1 aromatic rings. The number of nitrogens with zero attached hydrogens (tertiary/aromatic N) is 2. The maximum absolute atomic E-state index is 10.0. The molecular formula is C15H24N2O2. The van der Waals surface area contributed by atoms with Gasteiger partial charge in [-0.1, -0.05) is 18.2 Å². The molecule has 0 spiro atoms. The molecule has 1 fully saturated rings. The summed E-state index contributed by atoms with van der Waals surface area (Å²) in [5.41, 5.74) is 1.11. The van der Waals surface area contributed by atoms with Gasteiger partial charge in [-0.25, -0.2) is 0 Å². The highest BCUT2D eigenvalue weighted by Crippen LogP contribution is 2.16. The van der Waals surface area contributed by atoms with Crippen LogP contribution in [0.15, 0.2) is 24.3 Å². The summed E-state index contributed by atoms with van der Waals surface area (Å²) in [5.74, 6) is 0.861. The smallest absolute Gasteiger partial charge is 0.122 e. The fraction of sp³-hybridized carbons (Fsp3) is 0.600. The Kier molecular flexibility index (Phi) is 5.19. The molecule has 19 heavy (non-hydrogen) atoms. The van der Waals surface area contributed by atoms with E-state index >= 15 is 0 Å². The average Bonchev–Trinajstić information content (AvgIpc) is 2.40. The minimum atomic E-state index is -0.428. The van der Waals surface area contributed by atoms with Crippen LogP contribution in [0.5, 0.6) is 5.75 Å². The fourth-order valence-corrected chi connectivity index (χ4v) is 2.29. The van der Waals surface area contributed by atoms with Crippen LogP contribution in [-0.4, -0.2) is 67.4 Å². The highest BCUT2D eigenvalue weighted by Gasteiger charge is 2.17. The zero-order valence-electron chi connectivity index (χ0n) is 11.9. The van der Waals surface area contributed by atoms with Crippen LogP contribution < -0.4 is 4.74 Å². The van der Waals surface area contributed by atoms with Gasteiger partial charge in [0.1, 0.15) is 18.5 Å². The summed E-state index contributed by atoms with van der Waals surface area (Å²) in [4.78, 5) is 4.61. The van der Waals surface area contributed by atoms with Crippen LogP contribution in [0.1, 0.15) is 5.56 Å². The van der Waals surface area contributed by atoms with Gasteiger partial charge in [0.15, 0.2) is 0 Å². The number of likely N-dealkylation sites (N-methyl/N-ethyl adjacent to an activating group) is 1. The van der Waals surface area contributed by atoms with E-state index in [9.17, 15) is 5.11 Å². The van der Waals surface area contributed by atoms with Crippen LogP contribution >= 0.6 is 0 Å². The van der Waals surface area contributed by atoms with Crippen molar-refractivity contribution in [3.8, 4) is 5.75 Å². The van der Waals surface area contributed by atoms with Crippen molar-refractivity contribution in [3.05, 3.63) is 29.8 Å². The largest absolute Gasteiger partial charge is 0.491 e. The minimum absolute atomic E-state index is 0.358. The molecule has 0 aliphatic carbocycles. The third-order valence-corrected chi connectivity index (χ3v) is 3.59. The van der Waals surface area contributed by atoms with E-state index in [1.54, 1.807) is 0 Å². The zero-order valence-corrected chi connectivity index (χ0v) is 11.9. The zero-order chi connectivity index (χ0) is 13.7. The van der Waals surface area contributed by atoms with Gasteiger partial charge in [-0.05, 0) is 25.6 Å². The molecule has 0 radical (unpaired) electrons. The molecule has 106 valence electrons. The quantitative estimate of drug-likeness (QED) is 0.860. The van der Waals surface area contributed by atoms with Crippen LogP contribution in [0.25, 0.3) is 0 Å². The van der Waals surface area contributed by atoms with Crippen LogP contribution in [-0.2, 0) is 0 Å². The van der Waals surface area contributed by atoms with E-state index in [1.807, 2.05) is 31.2 Å². The molecule has 0 saturated carbocycles. The molecular weight excluding hydrogens is 240 g/mol. The van der Waals surface area contributed by atoms with Crippen LogP contribution in [0.4, 0.5) is 0 Å². The van der Waals surface area contributed by atoms with Crippen molar-refractivity contribution >= 4 is 0 Å². The molecule has 4 nitrogen and oxygen atoms in total. The molecule has 0 aromatic heterocycles. The maximum Gasteiger partial charge on any atom is 0.122 e. The molecule has 2 rings (SSSR count). The molecule has 1 N–H and O–H groups in total. The monoisotopic (exact) mass is 264 g/mol. The van der Waals surface area contributed by atoms with E-state index in [0.717, 1.165) is 37.5 Å². The number of ether oxygens (including phenoxy) is 1. The summed E-state index contributed by atoms with van der Waals surface area (Å²) in [7, 11) is 2.13. The lowest BCUT2D eigenvalue weighted by atomic mass is 10.2. The molecule has 1 atom stereocenters. The van der Waals surface area contributed by atoms with E-state index in [2.05, 4.69) is 16.8 Å². The Morgan fingerprint density at radius 2 is 1.89 bits per heavy atom. The fourth-order valence-electron chi connectivity index (χ4n) is 2.29. The van der Waals surface area contributed by atoms with Gasteiger partial charge in [0.2, 0.25) is 0 Å². The van der Waals surface area contributed by atoms with Gasteiger partial charge in [0, 0.05) is 32.7 Å². The summed E-state index contributed by atoms with van der Waals surface area (Å²) in [5, 5.41) is 10.0. The first-order valence-corrected chi connectivity index (χ1v) is 6.92. The number of β-amino-alcohol motifs (C(OH)–C–C–N with tert-alkyl or cyclic N) is 1. The number of hydrogen-bond acceptors (Lipinski definition) is 4. The SMILES string of the molecule is Cc1ccccc1OC[C@H](O)CN1CCN(C)CC1. The van der Waals surface area contributed by atoms with E-state index in [-0.39, 0.29) is 0 Å². The second kappa shape index (κ2) is 6.89. The van der Waals surface area contributed by atoms with Crippen molar-refractivity contribution in [1.29, 1.82) is 0 Å². The van der Waals surface area contributed by atoms with E-state index in [4.69, 9.17) is 4.74 Å². The normalized spacial score (nSPS) is 19.3. The summed E-state index contributed by atoms with van der Waals surface area (Å²) in [6.45, 7) is 7.27. The number of aliphatic hydroxyl groups excluding tert-OH is 1. The van der Waals surface area contributed by atoms with Crippen molar-refractivity contribution in [1.82, 2.24) is 9.80 Å². The predicted molar refractivity (Wildman–Crippen MR) is 76.6 cm³/mol. The molecule has 0 unspecified atom stereocenters. The van der Waals surface area contributed by atoms with Gasteiger partial charge in [-0.3, -0.25) is 4.90 Å². The number of piperazine rings is 1. The van der Waals surface area contributed by atoms with E-state index in [1.165, 1.54) is 0 Å². The van der Waals surface area contributed by atoms with Crippen molar-refractivity contribution in [2.45, 2.75) is 13.0 Å². The van der Waals surface area contributed by atoms with Crippen LogP contribution in [0, 0.1) is 6.92 Å². The lowest BCUT2D eigenvalue weighted by Gasteiger charge is -2.33. The standard InChI is InChI=1S/C15H24N2O2/c1-13-5-3-4-6-15(13)19-12-14(18)11-17-9-7-16(2)8-10-17/h3-6,14,18H,7-12H2,1-2H3/t14-/m1/s1. The van der Waals surface area contributed by atoms with Crippen molar-refractivity contribution in [2.24, 2.45) is 0 Å². The Hall–Kier alpha value is -1.10. The summed E-state index contributed by atoms with van der Waals surface area (Å²) in [6.07, 6.45) is -0.428. The van der Waals surface area contributed by atoms with E-state index < -0.39 is 6.10 Å². The number of hydrogen-bond donors (Lipinski definition) is 1. The first kappa shape index (κ1) is 14.3. The molecule has 0 amide bonds. The Labute approximate surface area is 115 Å². The number of rotatable bonds is 5. The molecule has 1 aliphatic heterocycles. The van der Waals surface area contributed by atoms with Gasteiger partial charge < -0.3 is 14.7 Å². The van der Waals surface area contributed by atoms with Crippen molar-refractivity contribution < 1.29 is 9.84 Å². The summed E-state index contributed by atoms with van der Waals surface area (Å²) >= 11 is 0. The molecule has 1 heterocycles. The Morgan fingerprint density at radius 1 is 1.21 bits per heavy atom. The second-order valence-electron chi connectivity index (χ2n) is 5.33.